The lowest BCUT2D eigenvalue weighted by Crippen LogP contribution is -2.28. The molecule has 2 N–H and O–H groups in total. The van der Waals surface area contributed by atoms with Gasteiger partial charge in [0.05, 0.1) is 12.8 Å². The first-order valence-corrected chi connectivity index (χ1v) is 8.87. The number of amides is 2. The molecular weight excluding hydrogens is 362 g/mol. The van der Waals surface area contributed by atoms with Crippen LogP contribution in [0.1, 0.15) is 17.7 Å². The van der Waals surface area contributed by atoms with Gasteiger partial charge >= 0.3 is 0 Å². The lowest BCUT2D eigenvalue weighted by Gasteiger charge is -2.08. The van der Waals surface area contributed by atoms with E-state index in [2.05, 4.69) is 15.6 Å². The number of aliphatic imine (C=N–C) groups is 1. The van der Waals surface area contributed by atoms with Crippen LogP contribution in [0.15, 0.2) is 46.0 Å². The van der Waals surface area contributed by atoms with Crippen LogP contribution in [0.25, 0.3) is 0 Å². The molecule has 1 saturated heterocycles. The van der Waals surface area contributed by atoms with Crippen LogP contribution in [0.5, 0.6) is 0 Å². The summed E-state index contributed by atoms with van der Waals surface area (Å²) in [5.41, 5.74) is 1.54. The third-order valence-electron chi connectivity index (χ3n) is 3.56. The number of aryl methyl sites for hydroxylation is 1. The number of hydrogen-bond acceptors (Lipinski definition) is 5. The largest absolute Gasteiger partial charge is 0.467 e. The molecule has 130 valence electrons. The second-order valence-corrected chi connectivity index (χ2v) is 7.11. The van der Waals surface area contributed by atoms with E-state index in [0.29, 0.717) is 28.2 Å². The van der Waals surface area contributed by atoms with Gasteiger partial charge in [0.2, 0.25) is 11.8 Å². The van der Waals surface area contributed by atoms with Gasteiger partial charge in [0, 0.05) is 17.1 Å². The molecule has 25 heavy (non-hydrogen) atoms. The lowest BCUT2D eigenvalue weighted by atomic mass is 10.2. The fourth-order valence-electron chi connectivity index (χ4n) is 2.22. The molecule has 1 aromatic carbocycles. The Kier molecular flexibility index (Phi) is 5.45. The molecule has 0 saturated carbocycles. The summed E-state index contributed by atoms with van der Waals surface area (Å²) in [6.07, 6.45) is 1.63. The summed E-state index contributed by atoms with van der Waals surface area (Å²) >= 11 is 7.29. The normalized spacial score (nSPS) is 18.4. The van der Waals surface area contributed by atoms with E-state index in [-0.39, 0.29) is 18.2 Å². The Morgan fingerprint density at radius 3 is 3.00 bits per heavy atom. The highest BCUT2D eigenvalue weighted by molar-refractivity contribution is 8.15. The van der Waals surface area contributed by atoms with Crippen molar-refractivity contribution in [2.24, 2.45) is 4.99 Å². The van der Waals surface area contributed by atoms with E-state index in [4.69, 9.17) is 16.0 Å². The van der Waals surface area contributed by atoms with Crippen LogP contribution in [-0.2, 0) is 16.1 Å². The maximum absolute atomic E-state index is 12.2. The highest BCUT2D eigenvalue weighted by Gasteiger charge is 2.32. The molecule has 2 aromatic rings. The number of benzene rings is 1. The quantitative estimate of drug-likeness (QED) is 0.836. The van der Waals surface area contributed by atoms with E-state index in [1.165, 1.54) is 11.8 Å². The summed E-state index contributed by atoms with van der Waals surface area (Å²) < 4.78 is 5.19. The Bertz CT molecular complexity index is 821. The average molecular weight is 378 g/mol. The summed E-state index contributed by atoms with van der Waals surface area (Å²) in [6, 6.07) is 8.88. The smallest absolute Gasteiger partial charge is 0.240 e. The van der Waals surface area contributed by atoms with Gasteiger partial charge in [0.25, 0.3) is 0 Å². The Morgan fingerprint density at radius 2 is 2.28 bits per heavy atom. The molecular formula is C17H16ClN3O3S. The van der Waals surface area contributed by atoms with Crippen molar-refractivity contribution in [1.29, 1.82) is 0 Å². The Morgan fingerprint density at radius 1 is 1.44 bits per heavy atom. The minimum absolute atomic E-state index is 0.0573. The number of thioether (sulfide) groups is 1. The van der Waals surface area contributed by atoms with Crippen molar-refractivity contribution in [3.63, 3.8) is 0 Å². The molecule has 2 amide bonds. The zero-order valence-electron chi connectivity index (χ0n) is 13.4. The van der Waals surface area contributed by atoms with Gasteiger partial charge in [-0.05, 0) is 36.8 Å². The van der Waals surface area contributed by atoms with Crippen LogP contribution >= 0.6 is 23.4 Å². The second-order valence-electron chi connectivity index (χ2n) is 5.51. The molecule has 0 aliphatic carbocycles. The van der Waals surface area contributed by atoms with Gasteiger partial charge in [0.15, 0.2) is 5.17 Å². The SMILES string of the molecule is Cc1ccc(NC(=O)C[C@H]2SC(=NCc3ccco3)NC2=O)cc1Cl. The molecule has 0 unspecified atom stereocenters. The number of nitrogens with one attached hydrogen (secondary N) is 2. The lowest BCUT2D eigenvalue weighted by molar-refractivity contribution is -0.122. The van der Waals surface area contributed by atoms with Gasteiger partial charge in [-0.3, -0.25) is 14.6 Å². The zero-order chi connectivity index (χ0) is 17.8. The summed E-state index contributed by atoms with van der Waals surface area (Å²) in [4.78, 5) is 28.4. The summed E-state index contributed by atoms with van der Waals surface area (Å²) in [6.45, 7) is 2.23. The second kappa shape index (κ2) is 7.76. The van der Waals surface area contributed by atoms with E-state index < -0.39 is 5.25 Å². The summed E-state index contributed by atoms with van der Waals surface area (Å²) in [5.74, 6) is 0.236. The zero-order valence-corrected chi connectivity index (χ0v) is 15.0. The number of hydrogen-bond donors (Lipinski definition) is 2. The van der Waals surface area contributed by atoms with E-state index >= 15 is 0 Å². The van der Waals surface area contributed by atoms with Crippen molar-refractivity contribution in [1.82, 2.24) is 5.32 Å². The topological polar surface area (TPSA) is 83.7 Å². The number of anilines is 1. The van der Waals surface area contributed by atoms with Crippen LogP contribution in [0.3, 0.4) is 0 Å². The molecule has 6 nitrogen and oxygen atoms in total. The van der Waals surface area contributed by atoms with Crippen LogP contribution in [0.4, 0.5) is 5.69 Å². The van der Waals surface area contributed by atoms with E-state index in [9.17, 15) is 9.59 Å². The standard InChI is InChI=1S/C17H16ClN3O3S/c1-10-4-5-11(7-13(10)18)20-15(22)8-14-16(23)21-17(25-14)19-9-12-3-2-6-24-12/h2-7,14H,8-9H2,1H3,(H,20,22)(H,19,21,23)/t14-/m1/s1. The maximum atomic E-state index is 12.2. The van der Waals surface area contributed by atoms with Gasteiger partial charge < -0.3 is 15.1 Å². The average Bonchev–Trinajstić information content (AvgIpc) is 3.19. The number of carbonyl (C=O) groups is 2. The van der Waals surface area contributed by atoms with Crippen LogP contribution < -0.4 is 10.6 Å². The molecule has 1 aliphatic heterocycles. The van der Waals surface area contributed by atoms with Crippen molar-refractivity contribution in [3.05, 3.63) is 52.9 Å². The fraction of sp³-hybridized carbons (Fsp3) is 0.235. The molecule has 1 aromatic heterocycles. The van der Waals surface area contributed by atoms with Crippen LogP contribution in [-0.4, -0.2) is 22.2 Å². The number of amidine groups is 1. The minimum Gasteiger partial charge on any atom is -0.467 e. The monoisotopic (exact) mass is 377 g/mol. The van der Waals surface area contributed by atoms with E-state index in [1.807, 2.05) is 19.1 Å². The molecule has 0 radical (unpaired) electrons. The molecule has 1 atom stereocenters. The number of nitrogens with zero attached hydrogens (tertiary/aromatic N) is 1. The Labute approximate surface area is 154 Å². The third-order valence-corrected chi connectivity index (χ3v) is 5.09. The number of rotatable bonds is 5. The van der Waals surface area contributed by atoms with Gasteiger partial charge in [0.1, 0.15) is 11.0 Å². The predicted octanol–water partition coefficient (Wildman–Crippen LogP) is 3.36. The molecule has 2 heterocycles. The molecule has 1 aliphatic rings. The maximum Gasteiger partial charge on any atom is 0.240 e. The molecule has 1 fully saturated rings. The van der Waals surface area contributed by atoms with E-state index in [1.54, 1.807) is 24.5 Å². The Hall–Kier alpha value is -2.25. The first-order valence-electron chi connectivity index (χ1n) is 7.61. The predicted molar refractivity (Wildman–Crippen MR) is 98.8 cm³/mol. The van der Waals surface area contributed by atoms with Gasteiger partial charge in [-0.2, -0.15) is 0 Å². The highest BCUT2D eigenvalue weighted by atomic mass is 35.5. The molecule has 3 rings (SSSR count). The molecule has 0 bridgehead atoms. The summed E-state index contributed by atoms with van der Waals surface area (Å²) in [7, 11) is 0. The fourth-order valence-corrected chi connectivity index (χ4v) is 3.37. The summed E-state index contributed by atoms with van der Waals surface area (Å²) in [5, 5.41) is 6.01. The van der Waals surface area contributed by atoms with Gasteiger partial charge in [-0.1, -0.05) is 29.4 Å². The number of halogens is 1. The third kappa shape index (κ3) is 4.64. The van der Waals surface area contributed by atoms with Gasteiger partial charge in [-0.25, -0.2) is 0 Å². The first-order chi connectivity index (χ1) is 12.0. The van der Waals surface area contributed by atoms with Crippen LogP contribution in [0.2, 0.25) is 5.02 Å². The minimum atomic E-state index is -0.503. The van der Waals surface area contributed by atoms with Crippen molar-refractivity contribution in [2.75, 3.05) is 5.32 Å². The van der Waals surface area contributed by atoms with E-state index in [0.717, 1.165) is 5.56 Å². The first kappa shape index (κ1) is 17.6. The van der Waals surface area contributed by atoms with Crippen LogP contribution in [0, 0.1) is 6.92 Å². The van der Waals surface area contributed by atoms with Crippen molar-refractivity contribution in [2.45, 2.75) is 25.1 Å². The number of carbonyl (C=O) groups excluding carboxylic acids is 2. The molecule has 0 spiro atoms. The van der Waals surface area contributed by atoms with Gasteiger partial charge in [-0.15, -0.1) is 0 Å². The Balaban J connectivity index is 1.55. The molecule has 8 heteroatoms. The van der Waals surface area contributed by atoms with Crippen molar-refractivity contribution < 1.29 is 14.0 Å². The number of furan rings is 1. The van der Waals surface area contributed by atoms with Crippen molar-refractivity contribution >= 4 is 46.0 Å². The van der Waals surface area contributed by atoms with Crippen molar-refractivity contribution in [3.8, 4) is 0 Å². The highest BCUT2D eigenvalue weighted by Crippen LogP contribution is 2.24.